The molecule has 0 aliphatic carbocycles. The Kier molecular flexibility index (Phi) is 5.89. The molecule has 6 rings (SSSR count). The number of furan rings is 1. The quantitative estimate of drug-likeness (QED) is 0.402. The van der Waals surface area contributed by atoms with Gasteiger partial charge in [-0.05, 0) is 30.3 Å². The van der Waals surface area contributed by atoms with Crippen LogP contribution in [0.15, 0.2) is 83.7 Å². The van der Waals surface area contributed by atoms with E-state index in [9.17, 15) is 9.59 Å². The third-order valence-electron chi connectivity index (χ3n) is 6.17. The molecule has 1 aliphatic heterocycles. The van der Waals surface area contributed by atoms with Crippen molar-refractivity contribution >= 4 is 22.8 Å². The molecule has 1 aliphatic rings. The molecular weight excluding hydrogens is 472 g/mol. The van der Waals surface area contributed by atoms with Crippen molar-refractivity contribution in [1.29, 1.82) is 0 Å². The van der Waals surface area contributed by atoms with Crippen molar-refractivity contribution in [1.82, 2.24) is 29.8 Å². The number of amides is 2. The number of aromatic nitrogens is 4. The molecule has 2 aromatic carbocycles. The SMILES string of the molecule is O=C1Cn2cc(nn2)CN(C(=O)c2oc3ccccc3c2-n2cccc2)Cc2ccccc2OCCN1. The molecule has 0 fully saturated rings. The van der Waals surface area contributed by atoms with Crippen molar-refractivity contribution in [2.45, 2.75) is 19.6 Å². The van der Waals surface area contributed by atoms with E-state index in [0.717, 1.165) is 10.9 Å². The first-order valence-corrected chi connectivity index (χ1v) is 12.0. The van der Waals surface area contributed by atoms with Gasteiger partial charge >= 0.3 is 0 Å². The van der Waals surface area contributed by atoms with Gasteiger partial charge in [0.15, 0.2) is 0 Å². The Morgan fingerprint density at radius 2 is 1.76 bits per heavy atom. The molecule has 10 nitrogen and oxygen atoms in total. The van der Waals surface area contributed by atoms with E-state index in [1.165, 1.54) is 4.68 Å². The number of ether oxygens (including phenoxy) is 1. The summed E-state index contributed by atoms with van der Waals surface area (Å²) in [6, 6.07) is 18.9. The fraction of sp³-hybridized carbons (Fsp3) is 0.185. The van der Waals surface area contributed by atoms with E-state index in [4.69, 9.17) is 9.15 Å². The molecule has 186 valence electrons. The first-order chi connectivity index (χ1) is 18.2. The van der Waals surface area contributed by atoms with Crippen LogP contribution in [0.4, 0.5) is 0 Å². The van der Waals surface area contributed by atoms with E-state index in [0.29, 0.717) is 35.9 Å². The van der Waals surface area contributed by atoms with Crippen LogP contribution in [0.2, 0.25) is 0 Å². The average Bonchev–Trinajstić information content (AvgIpc) is 3.66. The largest absolute Gasteiger partial charge is 0.491 e. The number of hydrogen-bond donors (Lipinski definition) is 1. The van der Waals surface area contributed by atoms with Gasteiger partial charge in [-0.25, -0.2) is 4.68 Å². The predicted octanol–water partition coefficient (Wildman–Crippen LogP) is 3.17. The zero-order valence-corrected chi connectivity index (χ0v) is 19.9. The highest BCUT2D eigenvalue weighted by molar-refractivity contribution is 6.03. The molecule has 0 radical (unpaired) electrons. The molecular formula is C27H24N6O4. The molecule has 0 saturated carbocycles. The summed E-state index contributed by atoms with van der Waals surface area (Å²) in [4.78, 5) is 28.1. The molecule has 0 atom stereocenters. The molecule has 5 aromatic rings. The summed E-state index contributed by atoms with van der Waals surface area (Å²) in [6.45, 7) is 1.09. The van der Waals surface area contributed by atoms with Crippen molar-refractivity contribution in [3.8, 4) is 11.4 Å². The van der Waals surface area contributed by atoms with Crippen molar-refractivity contribution in [2.24, 2.45) is 0 Å². The van der Waals surface area contributed by atoms with Crippen LogP contribution in [0, 0.1) is 0 Å². The van der Waals surface area contributed by atoms with Crippen LogP contribution in [0.3, 0.4) is 0 Å². The topological polar surface area (TPSA) is 107 Å². The van der Waals surface area contributed by atoms with E-state index in [-0.39, 0.29) is 37.2 Å². The van der Waals surface area contributed by atoms with Crippen molar-refractivity contribution in [3.63, 3.8) is 0 Å². The monoisotopic (exact) mass is 496 g/mol. The number of nitrogens with one attached hydrogen (secondary N) is 1. The van der Waals surface area contributed by atoms with Gasteiger partial charge in [0.25, 0.3) is 5.91 Å². The van der Waals surface area contributed by atoms with Gasteiger partial charge in [0.05, 0.1) is 25.8 Å². The summed E-state index contributed by atoms with van der Waals surface area (Å²) < 4.78 is 15.5. The molecule has 10 heteroatoms. The van der Waals surface area contributed by atoms with Crippen LogP contribution < -0.4 is 10.1 Å². The van der Waals surface area contributed by atoms with Crippen LogP contribution in [0.1, 0.15) is 21.8 Å². The van der Waals surface area contributed by atoms with Gasteiger partial charge in [0.1, 0.15) is 35.9 Å². The minimum atomic E-state index is -0.297. The third-order valence-corrected chi connectivity index (χ3v) is 6.17. The summed E-state index contributed by atoms with van der Waals surface area (Å²) >= 11 is 0. The van der Waals surface area contributed by atoms with E-state index in [1.807, 2.05) is 77.6 Å². The van der Waals surface area contributed by atoms with Gasteiger partial charge in [0, 0.05) is 23.3 Å². The van der Waals surface area contributed by atoms with E-state index in [2.05, 4.69) is 15.6 Å². The number of hydrogen-bond acceptors (Lipinski definition) is 6. The van der Waals surface area contributed by atoms with Gasteiger partial charge in [0.2, 0.25) is 11.7 Å². The first-order valence-electron chi connectivity index (χ1n) is 12.0. The first kappa shape index (κ1) is 22.6. The van der Waals surface area contributed by atoms with Crippen LogP contribution in [0.5, 0.6) is 5.75 Å². The summed E-state index contributed by atoms with van der Waals surface area (Å²) in [7, 11) is 0. The maximum atomic E-state index is 14.2. The van der Waals surface area contributed by atoms with Crippen LogP contribution in [-0.4, -0.2) is 49.4 Å². The number of para-hydroxylation sites is 2. The predicted molar refractivity (Wildman–Crippen MR) is 134 cm³/mol. The second kappa shape index (κ2) is 9.65. The number of benzene rings is 2. The Hall–Kier alpha value is -4.86. The minimum absolute atomic E-state index is 0.0267. The fourth-order valence-corrected chi connectivity index (χ4v) is 4.48. The van der Waals surface area contributed by atoms with E-state index in [1.54, 1.807) is 11.1 Å². The number of fused-ring (bicyclic) bond motifs is 4. The number of nitrogens with zero attached hydrogens (tertiary/aromatic N) is 5. The zero-order valence-electron chi connectivity index (χ0n) is 19.9. The Balaban J connectivity index is 1.44. The zero-order chi connectivity index (χ0) is 25.2. The average molecular weight is 497 g/mol. The summed E-state index contributed by atoms with van der Waals surface area (Å²) in [5.41, 5.74) is 2.67. The molecule has 4 heterocycles. The lowest BCUT2D eigenvalue weighted by Gasteiger charge is -2.23. The van der Waals surface area contributed by atoms with Crippen LogP contribution >= 0.6 is 0 Å². The lowest BCUT2D eigenvalue weighted by molar-refractivity contribution is -0.122. The Morgan fingerprint density at radius 3 is 2.65 bits per heavy atom. The van der Waals surface area contributed by atoms with Gasteiger partial charge in [-0.2, -0.15) is 0 Å². The fourth-order valence-electron chi connectivity index (χ4n) is 4.48. The number of carbonyl (C=O) groups is 2. The lowest BCUT2D eigenvalue weighted by atomic mass is 10.1. The highest BCUT2D eigenvalue weighted by atomic mass is 16.5. The third kappa shape index (κ3) is 4.56. The highest BCUT2D eigenvalue weighted by Crippen LogP contribution is 2.31. The number of carbonyl (C=O) groups excluding carboxylic acids is 2. The van der Waals surface area contributed by atoms with E-state index >= 15 is 0 Å². The van der Waals surface area contributed by atoms with Crippen molar-refractivity contribution < 1.29 is 18.7 Å². The molecule has 2 amide bonds. The van der Waals surface area contributed by atoms with Gasteiger partial charge in [-0.1, -0.05) is 35.5 Å². The van der Waals surface area contributed by atoms with E-state index < -0.39 is 0 Å². The molecule has 0 spiro atoms. The van der Waals surface area contributed by atoms with Crippen LogP contribution in [-0.2, 0) is 24.4 Å². The molecule has 1 N–H and O–H groups in total. The van der Waals surface area contributed by atoms with Crippen molar-refractivity contribution in [3.05, 3.63) is 96.3 Å². The Labute approximate surface area is 212 Å². The standard InChI is InChI=1S/C27H24N6O4/c34-24-18-33-17-20(29-30-33)16-32(15-19-7-1-3-9-22(19)36-14-11-28-24)27(35)26-25(31-12-5-6-13-31)21-8-2-4-10-23(21)37-26/h1-10,12-13,17H,11,14-16,18H2,(H,28,34). The smallest absolute Gasteiger partial charge is 0.292 e. The molecule has 0 saturated heterocycles. The summed E-state index contributed by atoms with van der Waals surface area (Å²) in [5.74, 6) is 0.375. The molecule has 37 heavy (non-hydrogen) atoms. The summed E-state index contributed by atoms with van der Waals surface area (Å²) in [5, 5.41) is 11.9. The van der Waals surface area contributed by atoms with Crippen LogP contribution in [0.25, 0.3) is 16.7 Å². The minimum Gasteiger partial charge on any atom is -0.491 e. The second-order valence-corrected chi connectivity index (χ2v) is 8.74. The summed E-state index contributed by atoms with van der Waals surface area (Å²) in [6.07, 6.45) is 5.45. The Morgan fingerprint density at radius 1 is 0.946 bits per heavy atom. The van der Waals surface area contributed by atoms with Gasteiger partial charge in [-0.15, -0.1) is 5.10 Å². The highest BCUT2D eigenvalue weighted by Gasteiger charge is 2.28. The van der Waals surface area contributed by atoms with Gasteiger partial charge < -0.3 is 23.9 Å². The maximum Gasteiger partial charge on any atom is 0.292 e. The Bertz CT molecular complexity index is 1570. The van der Waals surface area contributed by atoms with Crippen molar-refractivity contribution in [2.75, 3.05) is 13.2 Å². The number of rotatable bonds is 2. The normalized spacial score (nSPS) is 14.5. The maximum absolute atomic E-state index is 14.2. The lowest BCUT2D eigenvalue weighted by Crippen LogP contribution is -2.32. The molecule has 3 aromatic heterocycles. The molecule has 0 unspecified atom stereocenters. The van der Waals surface area contributed by atoms with Gasteiger partial charge in [-0.3, -0.25) is 9.59 Å². The molecule has 2 bridgehead atoms. The second-order valence-electron chi connectivity index (χ2n) is 8.74.